The Morgan fingerprint density at radius 2 is 2.04 bits per heavy atom. The number of anilines is 1. The van der Waals surface area contributed by atoms with Gasteiger partial charge in [0.25, 0.3) is 5.91 Å². The summed E-state index contributed by atoms with van der Waals surface area (Å²) < 4.78 is 10.2. The van der Waals surface area contributed by atoms with Gasteiger partial charge in [-0.1, -0.05) is 0 Å². The predicted octanol–water partition coefficient (Wildman–Crippen LogP) is 0.852. The first-order valence-corrected chi connectivity index (χ1v) is 8.10. The molecule has 1 aliphatic rings. The number of nitrogens with two attached hydrogens (primary N) is 1. The summed E-state index contributed by atoms with van der Waals surface area (Å²) in [7, 11) is 0. The first-order valence-electron chi connectivity index (χ1n) is 8.10. The van der Waals surface area contributed by atoms with Gasteiger partial charge in [-0.25, -0.2) is 9.69 Å². The molecule has 130 valence electrons. The van der Waals surface area contributed by atoms with Gasteiger partial charge in [-0.15, -0.1) is 0 Å². The summed E-state index contributed by atoms with van der Waals surface area (Å²) in [5.41, 5.74) is 0.836. The van der Waals surface area contributed by atoms with E-state index < -0.39 is 12.0 Å². The first kappa shape index (κ1) is 16.9. The van der Waals surface area contributed by atoms with Crippen molar-refractivity contribution in [1.29, 1.82) is 0 Å². The molecule has 1 unspecified atom stereocenters. The van der Waals surface area contributed by atoms with Crippen molar-refractivity contribution in [2.45, 2.75) is 25.9 Å². The number of amides is 2. The summed E-state index contributed by atoms with van der Waals surface area (Å²) in [6, 6.07) is 9.39. The summed E-state index contributed by atoms with van der Waals surface area (Å²) >= 11 is 0. The Balaban J connectivity index is 1.68. The summed E-state index contributed by atoms with van der Waals surface area (Å²) in [5, 5.41) is 1.80. The minimum atomic E-state index is -0.470. The maximum Gasteiger partial charge on any atom is 0.338 e. The van der Waals surface area contributed by atoms with Crippen molar-refractivity contribution in [3.05, 3.63) is 54.0 Å². The quantitative estimate of drug-likeness (QED) is 0.620. The second-order valence-electron chi connectivity index (χ2n) is 5.66. The fourth-order valence-corrected chi connectivity index (χ4v) is 2.76. The molecule has 7 heteroatoms. The van der Waals surface area contributed by atoms with Crippen LogP contribution in [0.15, 0.2) is 47.1 Å². The van der Waals surface area contributed by atoms with Crippen LogP contribution >= 0.6 is 0 Å². The van der Waals surface area contributed by atoms with Crippen LogP contribution in [0.1, 0.15) is 29.5 Å². The van der Waals surface area contributed by atoms with Crippen LogP contribution in [-0.2, 0) is 20.9 Å². The van der Waals surface area contributed by atoms with Crippen molar-refractivity contribution >= 4 is 23.5 Å². The van der Waals surface area contributed by atoms with Crippen molar-refractivity contribution < 1.29 is 28.9 Å². The summed E-state index contributed by atoms with van der Waals surface area (Å²) in [5.74, 6) is -0.203. The van der Waals surface area contributed by atoms with Gasteiger partial charge in [0, 0.05) is 0 Å². The molecule has 1 aromatic heterocycles. The number of quaternary nitrogens is 1. The molecule has 1 saturated heterocycles. The number of rotatable bonds is 6. The lowest BCUT2D eigenvalue weighted by molar-refractivity contribution is -0.691. The molecule has 1 fully saturated rings. The summed E-state index contributed by atoms with van der Waals surface area (Å²) in [6.45, 7) is 2.51. The molecule has 1 aliphatic heterocycles. The van der Waals surface area contributed by atoms with Crippen LogP contribution in [0.2, 0.25) is 0 Å². The van der Waals surface area contributed by atoms with Crippen LogP contribution in [0, 0.1) is 0 Å². The molecule has 25 heavy (non-hydrogen) atoms. The molecule has 2 aromatic rings. The lowest BCUT2D eigenvalue weighted by Crippen LogP contribution is -2.90. The van der Waals surface area contributed by atoms with E-state index in [1.807, 2.05) is 6.07 Å². The van der Waals surface area contributed by atoms with Crippen LogP contribution in [0.25, 0.3) is 0 Å². The van der Waals surface area contributed by atoms with E-state index in [0.717, 1.165) is 10.7 Å². The minimum Gasteiger partial charge on any atom is -0.463 e. The number of imide groups is 1. The van der Waals surface area contributed by atoms with Gasteiger partial charge in [0.05, 0.1) is 30.5 Å². The highest BCUT2D eigenvalue weighted by Gasteiger charge is 2.42. The van der Waals surface area contributed by atoms with E-state index in [0.29, 0.717) is 17.8 Å². The predicted molar refractivity (Wildman–Crippen MR) is 87.6 cm³/mol. The van der Waals surface area contributed by atoms with Crippen molar-refractivity contribution in [3.63, 3.8) is 0 Å². The number of furan rings is 1. The van der Waals surface area contributed by atoms with E-state index in [4.69, 9.17) is 9.15 Å². The molecule has 0 spiro atoms. The zero-order valence-corrected chi connectivity index (χ0v) is 13.8. The van der Waals surface area contributed by atoms with Crippen molar-refractivity contribution in [2.75, 3.05) is 11.5 Å². The van der Waals surface area contributed by atoms with Crippen LogP contribution in [0.3, 0.4) is 0 Å². The van der Waals surface area contributed by atoms with E-state index in [2.05, 4.69) is 0 Å². The lowest BCUT2D eigenvalue weighted by atomic mass is 10.2. The average Bonchev–Trinajstić information content (AvgIpc) is 3.21. The molecule has 0 radical (unpaired) electrons. The molecular weight excluding hydrogens is 324 g/mol. The second kappa shape index (κ2) is 7.31. The van der Waals surface area contributed by atoms with Gasteiger partial charge in [0.2, 0.25) is 5.91 Å². The first-order chi connectivity index (χ1) is 12.1. The molecule has 0 bridgehead atoms. The van der Waals surface area contributed by atoms with Gasteiger partial charge in [0.15, 0.2) is 11.8 Å². The standard InChI is InChI=1S/C18H18N2O5/c1-2-24-18(23)12-5-7-13(8-6-12)20-16(21)10-15(17(20)22)19-11-14-4-3-9-25-14/h3-9,15,19H,2,10-11H2,1H3/p+1. The largest absolute Gasteiger partial charge is 0.463 e. The van der Waals surface area contributed by atoms with E-state index >= 15 is 0 Å². The van der Waals surface area contributed by atoms with E-state index in [1.165, 1.54) is 0 Å². The van der Waals surface area contributed by atoms with Gasteiger partial charge in [0.1, 0.15) is 6.54 Å². The second-order valence-corrected chi connectivity index (χ2v) is 5.66. The number of hydrogen-bond acceptors (Lipinski definition) is 5. The highest BCUT2D eigenvalue weighted by molar-refractivity contribution is 6.21. The monoisotopic (exact) mass is 343 g/mol. The zero-order valence-electron chi connectivity index (χ0n) is 13.8. The van der Waals surface area contributed by atoms with Gasteiger partial charge in [-0.05, 0) is 43.3 Å². The molecule has 1 aromatic carbocycles. The molecule has 0 aliphatic carbocycles. The maximum atomic E-state index is 12.5. The maximum absolute atomic E-state index is 12.5. The third-order valence-corrected chi connectivity index (χ3v) is 4.00. The summed E-state index contributed by atoms with van der Waals surface area (Å²) in [4.78, 5) is 37.6. The van der Waals surface area contributed by atoms with Crippen molar-refractivity contribution in [2.24, 2.45) is 0 Å². The number of nitrogens with zero attached hydrogens (tertiary/aromatic N) is 1. The normalized spacial score (nSPS) is 17.2. The lowest BCUT2D eigenvalue weighted by Gasteiger charge is -2.14. The Bertz CT molecular complexity index is 767. The third-order valence-electron chi connectivity index (χ3n) is 4.00. The number of esters is 1. The minimum absolute atomic E-state index is 0.138. The molecule has 7 nitrogen and oxygen atoms in total. The summed E-state index contributed by atoms with van der Waals surface area (Å²) in [6.07, 6.45) is 1.71. The fourth-order valence-electron chi connectivity index (χ4n) is 2.76. The van der Waals surface area contributed by atoms with Gasteiger partial charge in [-0.3, -0.25) is 9.59 Å². The van der Waals surface area contributed by atoms with Gasteiger partial charge >= 0.3 is 5.97 Å². The fraction of sp³-hybridized carbons (Fsp3) is 0.278. The highest BCUT2D eigenvalue weighted by Crippen LogP contribution is 2.22. The highest BCUT2D eigenvalue weighted by atomic mass is 16.5. The van der Waals surface area contributed by atoms with Gasteiger partial charge < -0.3 is 14.5 Å². The van der Waals surface area contributed by atoms with Crippen LogP contribution < -0.4 is 10.2 Å². The Morgan fingerprint density at radius 3 is 2.68 bits per heavy atom. The van der Waals surface area contributed by atoms with E-state index in [9.17, 15) is 14.4 Å². The number of hydrogen-bond donors (Lipinski definition) is 1. The van der Waals surface area contributed by atoms with Crippen molar-refractivity contribution in [3.8, 4) is 0 Å². The van der Waals surface area contributed by atoms with E-state index in [-0.39, 0.29) is 24.8 Å². The molecule has 2 heterocycles. The molecule has 0 saturated carbocycles. The number of benzene rings is 1. The Hall–Kier alpha value is -2.93. The smallest absolute Gasteiger partial charge is 0.338 e. The molecular formula is C18H19N2O5+. The van der Waals surface area contributed by atoms with Crippen LogP contribution in [0.4, 0.5) is 5.69 Å². The van der Waals surface area contributed by atoms with Gasteiger partial charge in [-0.2, -0.15) is 0 Å². The Labute approximate surface area is 144 Å². The van der Waals surface area contributed by atoms with E-state index in [1.54, 1.807) is 48.8 Å². The number of carbonyl (C=O) groups excluding carboxylic acids is 3. The Morgan fingerprint density at radius 1 is 1.28 bits per heavy atom. The topological polar surface area (TPSA) is 93.4 Å². The third kappa shape index (κ3) is 3.61. The van der Waals surface area contributed by atoms with Crippen LogP contribution in [0.5, 0.6) is 0 Å². The zero-order chi connectivity index (χ0) is 17.8. The van der Waals surface area contributed by atoms with Crippen molar-refractivity contribution in [1.82, 2.24) is 0 Å². The number of ether oxygens (including phenoxy) is 1. The molecule has 2 amide bonds. The molecule has 1 atom stereocenters. The average molecular weight is 343 g/mol. The number of carbonyl (C=O) groups is 3. The Kier molecular flexibility index (Phi) is 4.95. The molecule has 2 N–H and O–H groups in total. The molecule has 3 rings (SSSR count). The SMILES string of the molecule is CCOC(=O)c1ccc(N2C(=O)CC([NH2+]Cc3ccco3)C2=O)cc1. The van der Waals surface area contributed by atoms with Crippen LogP contribution in [-0.4, -0.2) is 30.4 Å².